The molecule has 1 aliphatic rings. The number of ether oxygens (including phenoxy) is 1. The van der Waals surface area contributed by atoms with E-state index >= 15 is 0 Å². The predicted octanol–water partition coefficient (Wildman–Crippen LogP) is 1.15. The minimum atomic E-state index is 0.345. The van der Waals surface area contributed by atoms with Crippen molar-refractivity contribution in [1.82, 2.24) is 0 Å². The van der Waals surface area contributed by atoms with E-state index in [4.69, 9.17) is 10.5 Å². The highest BCUT2D eigenvalue weighted by atomic mass is 16.5. The molecular weight excluding hydrogens is 126 g/mol. The predicted molar refractivity (Wildman–Crippen MR) is 41.8 cm³/mol. The van der Waals surface area contributed by atoms with Crippen molar-refractivity contribution in [3.05, 3.63) is 0 Å². The molecule has 0 aliphatic carbocycles. The Morgan fingerprint density at radius 2 is 2.20 bits per heavy atom. The summed E-state index contributed by atoms with van der Waals surface area (Å²) in [6.07, 6.45) is 2.34. The van der Waals surface area contributed by atoms with E-state index in [0.29, 0.717) is 11.5 Å². The van der Waals surface area contributed by atoms with Gasteiger partial charge in [0, 0.05) is 11.5 Å². The quantitative estimate of drug-likeness (QED) is 0.643. The zero-order valence-corrected chi connectivity index (χ0v) is 6.89. The molecule has 1 rings (SSSR count). The minimum absolute atomic E-state index is 0.345. The fraction of sp³-hybridized carbons (Fsp3) is 1.00. The molecule has 0 unspecified atom stereocenters. The van der Waals surface area contributed by atoms with E-state index in [0.717, 1.165) is 19.6 Å². The van der Waals surface area contributed by atoms with Crippen LogP contribution >= 0.6 is 0 Å². The van der Waals surface area contributed by atoms with Crippen LogP contribution in [0, 0.1) is 5.41 Å². The van der Waals surface area contributed by atoms with Crippen LogP contribution in [-0.2, 0) is 4.74 Å². The molecule has 10 heavy (non-hydrogen) atoms. The molecule has 0 amide bonds. The van der Waals surface area contributed by atoms with Crippen LogP contribution in [0.15, 0.2) is 0 Å². The van der Waals surface area contributed by atoms with Gasteiger partial charge in [0.1, 0.15) is 0 Å². The summed E-state index contributed by atoms with van der Waals surface area (Å²) < 4.78 is 5.13. The van der Waals surface area contributed by atoms with Gasteiger partial charge in [0.15, 0.2) is 0 Å². The maximum atomic E-state index is 5.64. The first-order chi connectivity index (χ1) is 4.62. The van der Waals surface area contributed by atoms with E-state index in [1.807, 2.05) is 0 Å². The first kappa shape index (κ1) is 8.02. The van der Waals surface area contributed by atoms with Gasteiger partial charge in [-0.25, -0.2) is 0 Å². The summed E-state index contributed by atoms with van der Waals surface area (Å²) in [4.78, 5) is 0. The molecule has 0 radical (unpaired) electrons. The van der Waals surface area contributed by atoms with E-state index in [1.54, 1.807) is 0 Å². The van der Waals surface area contributed by atoms with Gasteiger partial charge < -0.3 is 10.5 Å². The fourth-order valence-corrected chi connectivity index (χ4v) is 1.17. The number of nitrogens with two attached hydrogens (primary N) is 1. The van der Waals surface area contributed by atoms with Crippen molar-refractivity contribution in [3.63, 3.8) is 0 Å². The zero-order valence-electron chi connectivity index (χ0n) is 6.89. The van der Waals surface area contributed by atoms with Crippen LogP contribution in [0.4, 0.5) is 0 Å². The average molecular weight is 143 g/mol. The summed E-state index contributed by atoms with van der Waals surface area (Å²) >= 11 is 0. The molecule has 2 N–H and O–H groups in total. The van der Waals surface area contributed by atoms with Crippen molar-refractivity contribution in [2.24, 2.45) is 11.1 Å². The highest BCUT2D eigenvalue weighted by Gasteiger charge is 2.32. The lowest BCUT2D eigenvalue weighted by Gasteiger charge is -2.38. The van der Waals surface area contributed by atoms with Crippen LogP contribution in [-0.4, -0.2) is 19.3 Å². The molecule has 60 valence electrons. The highest BCUT2D eigenvalue weighted by Crippen LogP contribution is 2.31. The molecule has 1 aliphatic heterocycles. The Morgan fingerprint density at radius 3 is 2.50 bits per heavy atom. The fourth-order valence-electron chi connectivity index (χ4n) is 1.17. The van der Waals surface area contributed by atoms with E-state index in [2.05, 4.69) is 13.8 Å². The second-order valence-corrected chi connectivity index (χ2v) is 3.82. The molecule has 0 aromatic rings. The Labute approximate surface area is 62.7 Å². The van der Waals surface area contributed by atoms with E-state index < -0.39 is 0 Å². The number of rotatable bonds is 3. The normalized spacial score (nSPS) is 25.5. The van der Waals surface area contributed by atoms with Crippen LogP contribution in [0.5, 0.6) is 0 Å². The van der Waals surface area contributed by atoms with Gasteiger partial charge in [0.05, 0.1) is 13.2 Å². The lowest BCUT2D eigenvalue weighted by molar-refractivity contribution is -0.106. The van der Waals surface area contributed by atoms with Gasteiger partial charge in [0.25, 0.3) is 0 Å². The standard InChI is InChI=1S/C8H17NO/c1-7(9)3-4-8(2)5-10-6-8/h7H,3-6,9H2,1-2H3/t7-/m1/s1. The molecule has 2 nitrogen and oxygen atoms in total. The topological polar surface area (TPSA) is 35.2 Å². The number of hydrogen-bond acceptors (Lipinski definition) is 2. The van der Waals surface area contributed by atoms with Crippen LogP contribution in [0.3, 0.4) is 0 Å². The summed E-state index contributed by atoms with van der Waals surface area (Å²) in [5, 5.41) is 0. The van der Waals surface area contributed by atoms with Gasteiger partial charge in [-0.05, 0) is 19.8 Å². The van der Waals surface area contributed by atoms with Gasteiger partial charge in [-0.3, -0.25) is 0 Å². The Bertz CT molecular complexity index is 108. The zero-order chi connectivity index (χ0) is 7.61. The molecule has 0 bridgehead atoms. The second-order valence-electron chi connectivity index (χ2n) is 3.82. The maximum absolute atomic E-state index is 5.64. The molecular formula is C8H17NO. The van der Waals surface area contributed by atoms with E-state index in [1.165, 1.54) is 6.42 Å². The van der Waals surface area contributed by atoms with Crippen LogP contribution in [0.1, 0.15) is 26.7 Å². The molecule has 1 atom stereocenters. The lowest BCUT2D eigenvalue weighted by Crippen LogP contribution is -2.40. The van der Waals surface area contributed by atoms with Gasteiger partial charge in [-0.2, -0.15) is 0 Å². The summed E-state index contributed by atoms with van der Waals surface area (Å²) in [5.74, 6) is 0. The van der Waals surface area contributed by atoms with E-state index in [-0.39, 0.29) is 0 Å². The van der Waals surface area contributed by atoms with Crippen molar-refractivity contribution in [2.75, 3.05) is 13.2 Å². The summed E-state index contributed by atoms with van der Waals surface area (Å²) in [7, 11) is 0. The largest absolute Gasteiger partial charge is 0.380 e. The third-order valence-electron chi connectivity index (χ3n) is 2.10. The Morgan fingerprint density at radius 1 is 1.60 bits per heavy atom. The smallest absolute Gasteiger partial charge is 0.0542 e. The van der Waals surface area contributed by atoms with Crippen LogP contribution in [0.2, 0.25) is 0 Å². The molecule has 0 aromatic carbocycles. The first-order valence-corrected chi connectivity index (χ1v) is 3.96. The van der Waals surface area contributed by atoms with E-state index in [9.17, 15) is 0 Å². The third kappa shape index (κ3) is 1.96. The molecule has 1 heterocycles. The van der Waals surface area contributed by atoms with Gasteiger partial charge in [-0.15, -0.1) is 0 Å². The first-order valence-electron chi connectivity index (χ1n) is 3.96. The molecule has 2 heteroatoms. The molecule has 0 aromatic heterocycles. The molecule has 1 fully saturated rings. The Kier molecular flexibility index (Phi) is 2.32. The Balaban J connectivity index is 2.12. The summed E-state index contributed by atoms with van der Waals surface area (Å²) in [6, 6.07) is 0.345. The maximum Gasteiger partial charge on any atom is 0.0542 e. The highest BCUT2D eigenvalue weighted by molar-refractivity contribution is 4.81. The van der Waals surface area contributed by atoms with Crippen molar-refractivity contribution >= 4 is 0 Å². The van der Waals surface area contributed by atoms with Gasteiger partial charge in [0.2, 0.25) is 0 Å². The van der Waals surface area contributed by atoms with Crippen LogP contribution < -0.4 is 5.73 Å². The second kappa shape index (κ2) is 2.89. The SMILES string of the molecule is C[C@@H](N)CCC1(C)COC1. The third-order valence-corrected chi connectivity index (χ3v) is 2.10. The summed E-state index contributed by atoms with van der Waals surface area (Å²) in [6.45, 7) is 6.18. The molecule has 0 spiro atoms. The van der Waals surface area contributed by atoms with Crippen LogP contribution in [0.25, 0.3) is 0 Å². The van der Waals surface area contributed by atoms with Gasteiger partial charge in [-0.1, -0.05) is 6.92 Å². The van der Waals surface area contributed by atoms with Gasteiger partial charge >= 0.3 is 0 Å². The van der Waals surface area contributed by atoms with Crippen molar-refractivity contribution in [1.29, 1.82) is 0 Å². The van der Waals surface area contributed by atoms with Crippen molar-refractivity contribution in [2.45, 2.75) is 32.7 Å². The molecule has 0 saturated carbocycles. The molecule has 1 saturated heterocycles. The van der Waals surface area contributed by atoms with Crippen molar-refractivity contribution < 1.29 is 4.74 Å². The average Bonchev–Trinajstić information content (AvgIpc) is 1.79. The lowest BCUT2D eigenvalue weighted by atomic mass is 9.83. The summed E-state index contributed by atoms with van der Waals surface area (Å²) in [5.41, 5.74) is 6.09. The Hall–Kier alpha value is -0.0800. The monoisotopic (exact) mass is 143 g/mol. The van der Waals surface area contributed by atoms with Crippen molar-refractivity contribution in [3.8, 4) is 0 Å². The minimum Gasteiger partial charge on any atom is -0.380 e. The number of hydrogen-bond donors (Lipinski definition) is 1.